The smallest absolute Gasteiger partial charge is 0.213 e. The van der Waals surface area contributed by atoms with Crippen molar-refractivity contribution in [1.29, 1.82) is 0 Å². The number of aromatic nitrogens is 4. The number of nitrogens with two attached hydrogens (primary N) is 1. The summed E-state index contributed by atoms with van der Waals surface area (Å²) in [5.74, 6) is 1.22. The van der Waals surface area contributed by atoms with Crippen LogP contribution in [0.4, 0.5) is 5.82 Å². The Morgan fingerprint density at radius 2 is 1.94 bits per heavy atom. The van der Waals surface area contributed by atoms with Gasteiger partial charge >= 0.3 is 0 Å². The number of ether oxygens (including phenoxy) is 1. The Hall–Kier alpha value is -3.08. The number of unbranched alkanes of at least 4 members (excludes halogenated alkanes) is 1. The number of nitrogen functional groups attached to an aromatic ring is 1. The van der Waals surface area contributed by atoms with Crippen LogP contribution in [0.3, 0.4) is 0 Å². The van der Waals surface area contributed by atoms with Gasteiger partial charge in [0.2, 0.25) is 10.0 Å². The van der Waals surface area contributed by atoms with E-state index in [-0.39, 0.29) is 5.75 Å². The topological polar surface area (TPSA) is 116 Å². The van der Waals surface area contributed by atoms with Crippen LogP contribution in [0.1, 0.15) is 25.6 Å². The van der Waals surface area contributed by atoms with Crippen molar-refractivity contribution < 1.29 is 13.2 Å². The van der Waals surface area contributed by atoms with Gasteiger partial charge in [-0.25, -0.2) is 22.7 Å². The quantitative estimate of drug-likeness (QED) is 0.344. The molecule has 1 aromatic carbocycles. The van der Waals surface area contributed by atoms with E-state index in [4.69, 9.17) is 15.5 Å². The Labute approximate surface area is 199 Å². The summed E-state index contributed by atoms with van der Waals surface area (Å²) in [4.78, 5) is 13.6. The first kappa shape index (κ1) is 24.1. The van der Waals surface area contributed by atoms with Crippen molar-refractivity contribution in [2.75, 3.05) is 32.2 Å². The summed E-state index contributed by atoms with van der Waals surface area (Å²) in [7, 11) is -0.118. The maximum Gasteiger partial charge on any atom is 0.213 e. The number of hydrogen-bond donors (Lipinski definition) is 1. The first-order valence-corrected chi connectivity index (χ1v) is 12.9. The van der Waals surface area contributed by atoms with E-state index in [0.717, 1.165) is 33.4 Å². The number of sulfonamides is 1. The van der Waals surface area contributed by atoms with E-state index < -0.39 is 10.0 Å². The molecular weight excluding hydrogens is 452 g/mol. The molecule has 0 spiro atoms. The molecule has 0 saturated carbocycles. The fourth-order valence-corrected chi connectivity index (χ4v) is 4.89. The second kappa shape index (κ2) is 10.0. The van der Waals surface area contributed by atoms with Crippen molar-refractivity contribution in [3.8, 4) is 11.1 Å². The minimum Gasteiger partial charge on any atom is -0.382 e. The third-order valence-electron chi connectivity index (χ3n) is 5.80. The number of aryl methyl sites for hydroxylation is 1. The second-order valence-electron chi connectivity index (χ2n) is 8.29. The van der Waals surface area contributed by atoms with Crippen LogP contribution in [0.15, 0.2) is 42.7 Å². The molecule has 0 aliphatic rings. The summed E-state index contributed by atoms with van der Waals surface area (Å²) >= 11 is 0. The van der Waals surface area contributed by atoms with Gasteiger partial charge in [-0.15, -0.1) is 0 Å². The minimum atomic E-state index is -3.23. The summed E-state index contributed by atoms with van der Waals surface area (Å²) in [5.41, 5.74) is 10.6. The van der Waals surface area contributed by atoms with Crippen molar-refractivity contribution in [2.24, 2.45) is 0 Å². The minimum absolute atomic E-state index is 0.104. The van der Waals surface area contributed by atoms with Crippen LogP contribution in [0, 0.1) is 0 Å². The molecule has 0 aliphatic carbocycles. The molecule has 0 unspecified atom stereocenters. The molecule has 4 rings (SSSR count). The van der Waals surface area contributed by atoms with E-state index in [1.807, 2.05) is 43.5 Å². The summed E-state index contributed by atoms with van der Waals surface area (Å²) in [6.45, 7) is 3.44. The highest BCUT2D eigenvalue weighted by molar-refractivity contribution is 7.89. The van der Waals surface area contributed by atoms with Crippen molar-refractivity contribution in [1.82, 2.24) is 23.8 Å². The molecule has 0 bridgehead atoms. The van der Waals surface area contributed by atoms with Gasteiger partial charge in [-0.2, -0.15) is 0 Å². The zero-order chi connectivity index (χ0) is 24.3. The summed E-state index contributed by atoms with van der Waals surface area (Å²) in [6, 6.07) is 9.98. The van der Waals surface area contributed by atoms with Crippen molar-refractivity contribution in [3.05, 3.63) is 48.5 Å². The first-order chi connectivity index (χ1) is 16.3. The number of nitrogens with zero attached hydrogens (tertiary/aromatic N) is 5. The molecule has 3 aromatic heterocycles. The maximum absolute atomic E-state index is 12.1. The van der Waals surface area contributed by atoms with Gasteiger partial charge in [-0.05, 0) is 37.5 Å². The Morgan fingerprint density at radius 3 is 2.65 bits per heavy atom. The van der Waals surface area contributed by atoms with E-state index in [9.17, 15) is 8.42 Å². The number of imidazole rings is 1. The lowest BCUT2D eigenvalue weighted by molar-refractivity contribution is 0.126. The molecule has 0 fully saturated rings. The predicted octanol–water partition coefficient (Wildman–Crippen LogP) is 3.44. The van der Waals surface area contributed by atoms with Gasteiger partial charge in [0.05, 0.1) is 16.8 Å². The summed E-state index contributed by atoms with van der Waals surface area (Å²) < 4.78 is 33.3. The second-order valence-corrected chi connectivity index (χ2v) is 10.6. The number of hydrogen-bond acceptors (Lipinski definition) is 7. The van der Waals surface area contributed by atoms with Gasteiger partial charge in [0, 0.05) is 50.6 Å². The number of rotatable bonds is 10. The van der Waals surface area contributed by atoms with Gasteiger partial charge in [0.15, 0.2) is 5.82 Å². The molecular formula is C24H30N6O3S. The Morgan fingerprint density at radius 1 is 1.12 bits per heavy atom. The monoisotopic (exact) mass is 482 g/mol. The molecule has 9 nitrogen and oxygen atoms in total. The molecule has 0 saturated heterocycles. The number of benzene rings is 1. The van der Waals surface area contributed by atoms with Crippen LogP contribution in [0.25, 0.3) is 33.1 Å². The molecule has 180 valence electrons. The van der Waals surface area contributed by atoms with Gasteiger partial charge < -0.3 is 15.0 Å². The molecule has 0 amide bonds. The van der Waals surface area contributed by atoms with E-state index in [1.54, 1.807) is 20.3 Å². The lowest BCUT2D eigenvalue weighted by Gasteiger charge is -2.13. The third kappa shape index (κ3) is 4.89. The number of fused-ring (bicyclic) bond motifs is 3. The molecule has 10 heteroatoms. The molecule has 0 atom stereocenters. The Kier molecular flexibility index (Phi) is 7.11. The van der Waals surface area contributed by atoms with Crippen molar-refractivity contribution in [3.63, 3.8) is 0 Å². The lowest BCUT2D eigenvalue weighted by atomic mass is 10.0. The SMILES string of the molecule is CCOCc1nc2c(N)nc3cc(-c4cccnc4)ccc3c2n1CCCCS(=O)(=O)N(C)C. The van der Waals surface area contributed by atoms with Crippen LogP contribution < -0.4 is 5.73 Å². The van der Waals surface area contributed by atoms with Crippen LogP contribution >= 0.6 is 0 Å². The van der Waals surface area contributed by atoms with E-state index >= 15 is 0 Å². The van der Waals surface area contributed by atoms with E-state index in [0.29, 0.717) is 43.9 Å². The van der Waals surface area contributed by atoms with Gasteiger partial charge in [-0.1, -0.05) is 18.2 Å². The summed E-state index contributed by atoms with van der Waals surface area (Å²) in [5, 5.41) is 0.938. The van der Waals surface area contributed by atoms with Crippen molar-refractivity contribution in [2.45, 2.75) is 32.9 Å². The van der Waals surface area contributed by atoms with Crippen LogP contribution in [0.2, 0.25) is 0 Å². The number of anilines is 1. The lowest BCUT2D eigenvalue weighted by Crippen LogP contribution is -2.25. The highest BCUT2D eigenvalue weighted by Gasteiger charge is 2.19. The molecule has 0 aliphatic heterocycles. The highest BCUT2D eigenvalue weighted by Crippen LogP contribution is 2.32. The predicted molar refractivity (Wildman–Crippen MR) is 135 cm³/mol. The maximum atomic E-state index is 12.1. The standard InChI is InChI=1S/C24H30N6O3S/c1-4-33-16-21-28-22-23(30(21)12-5-6-13-34(31,32)29(2)3)19-10-9-17(14-20(19)27-24(22)25)18-8-7-11-26-15-18/h7-11,14-15H,4-6,12-13,16H2,1-3H3,(H2,25,27). The Bertz CT molecular complexity index is 1400. The van der Waals surface area contributed by atoms with E-state index in [2.05, 4.69) is 14.5 Å². The van der Waals surface area contributed by atoms with E-state index in [1.165, 1.54) is 4.31 Å². The molecule has 3 heterocycles. The highest BCUT2D eigenvalue weighted by atomic mass is 32.2. The average Bonchev–Trinajstić information content (AvgIpc) is 3.20. The molecule has 0 radical (unpaired) electrons. The van der Waals surface area contributed by atoms with Gasteiger partial charge in [0.1, 0.15) is 17.9 Å². The average molecular weight is 483 g/mol. The number of pyridine rings is 2. The summed E-state index contributed by atoms with van der Waals surface area (Å²) in [6.07, 6.45) is 4.77. The first-order valence-electron chi connectivity index (χ1n) is 11.3. The fourth-order valence-electron chi connectivity index (χ4n) is 3.95. The van der Waals surface area contributed by atoms with Crippen LogP contribution in [-0.2, 0) is 27.9 Å². The molecule has 34 heavy (non-hydrogen) atoms. The van der Waals surface area contributed by atoms with Crippen LogP contribution in [0.5, 0.6) is 0 Å². The van der Waals surface area contributed by atoms with Gasteiger partial charge in [-0.3, -0.25) is 4.98 Å². The largest absolute Gasteiger partial charge is 0.382 e. The zero-order valence-electron chi connectivity index (χ0n) is 19.7. The normalized spacial score (nSPS) is 12.2. The van der Waals surface area contributed by atoms with Crippen LogP contribution in [-0.4, -0.2) is 58.7 Å². The molecule has 2 N–H and O–H groups in total. The van der Waals surface area contributed by atoms with Gasteiger partial charge in [0.25, 0.3) is 0 Å². The zero-order valence-corrected chi connectivity index (χ0v) is 20.5. The Balaban J connectivity index is 1.75. The molecule has 4 aromatic rings. The fraction of sp³-hybridized carbons (Fsp3) is 0.375. The van der Waals surface area contributed by atoms with Crippen molar-refractivity contribution >= 4 is 37.8 Å². The third-order valence-corrected chi connectivity index (χ3v) is 7.72.